The SMILES string of the molecule is Cc1nnc(NC(=O)NC(C)c2cccc(Cl)c2)nc1C. The van der Waals surface area contributed by atoms with Crippen molar-refractivity contribution in [3.8, 4) is 0 Å². The van der Waals surface area contributed by atoms with E-state index >= 15 is 0 Å². The smallest absolute Gasteiger partial charge is 0.322 e. The van der Waals surface area contributed by atoms with Crippen LogP contribution in [0.4, 0.5) is 10.7 Å². The van der Waals surface area contributed by atoms with Gasteiger partial charge >= 0.3 is 6.03 Å². The molecule has 0 bridgehead atoms. The number of urea groups is 1. The minimum atomic E-state index is -0.396. The molecule has 2 rings (SSSR count). The van der Waals surface area contributed by atoms with Gasteiger partial charge in [-0.2, -0.15) is 5.10 Å². The Labute approximate surface area is 128 Å². The van der Waals surface area contributed by atoms with Gasteiger partial charge in [0, 0.05) is 5.02 Å². The van der Waals surface area contributed by atoms with Gasteiger partial charge in [0.15, 0.2) is 0 Å². The van der Waals surface area contributed by atoms with E-state index in [1.165, 1.54) is 0 Å². The maximum absolute atomic E-state index is 11.9. The third kappa shape index (κ3) is 4.13. The van der Waals surface area contributed by atoms with E-state index in [4.69, 9.17) is 11.6 Å². The fourth-order valence-electron chi connectivity index (χ4n) is 1.70. The summed E-state index contributed by atoms with van der Waals surface area (Å²) in [7, 11) is 0. The number of aromatic nitrogens is 3. The number of amides is 2. The highest BCUT2D eigenvalue weighted by molar-refractivity contribution is 6.30. The van der Waals surface area contributed by atoms with Crippen molar-refractivity contribution < 1.29 is 4.79 Å². The van der Waals surface area contributed by atoms with Gasteiger partial charge in [-0.15, -0.1) is 5.10 Å². The lowest BCUT2D eigenvalue weighted by Gasteiger charge is -2.14. The number of hydrogen-bond acceptors (Lipinski definition) is 4. The third-order valence-corrected chi connectivity index (χ3v) is 3.25. The molecule has 1 aromatic heterocycles. The fourth-order valence-corrected chi connectivity index (χ4v) is 1.90. The summed E-state index contributed by atoms with van der Waals surface area (Å²) in [5, 5.41) is 13.7. The van der Waals surface area contributed by atoms with Crippen molar-refractivity contribution in [3.05, 3.63) is 46.2 Å². The number of hydrogen-bond donors (Lipinski definition) is 2. The molecule has 1 atom stereocenters. The van der Waals surface area contributed by atoms with Gasteiger partial charge in [0.1, 0.15) is 0 Å². The predicted molar refractivity (Wildman–Crippen MR) is 81.3 cm³/mol. The lowest BCUT2D eigenvalue weighted by molar-refractivity contribution is 0.249. The number of rotatable bonds is 3. The van der Waals surface area contributed by atoms with Crippen LogP contribution >= 0.6 is 11.6 Å². The number of aryl methyl sites for hydroxylation is 2. The molecule has 1 aromatic carbocycles. The van der Waals surface area contributed by atoms with E-state index in [1.54, 1.807) is 19.1 Å². The summed E-state index contributed by atoms with van der Waals surface area (Å²) in [4.78, 5) is 16.1. The zero-order valence-electron chi connectivity index (χ0n) is 12.0. The Morgan fingerprint density at radius 2 is 2.00 bits per heavy atom. The van der Waals surface area contributed by atoms with Gasteiger partial charge < -0.3 is 5.32 Å². The Balaban J connectivity index is 1.99. The molecule has 0 spiro atoms. The summed E-state index contributed by atoms with van der Waals surface area (Å²) in [6.07, 6.45) is 0. The summed E-state index contributed by atoms with van der Waals surface area (Å²) < 4.78 is 0. The first-order valence-corrected chi connectivity index (χ1v) is 6.84. The van der Waals surface area contributed by atoms with E-state index < -0.39 is 6.03 Å². The summed E-state index contributed by atoms with van der Waals surface area (Å²) >= 11 is 5.93. The Morgan fingerprint density at radius 1 is 1.24 bits per heavy atom. The zero-order chi connectivity index (χ0) is 15.4. The summed E-state index contributed by atoms with van der Waals surface area (Å²) in [5.41, 5.74) is 2.37. The third-order valence-electron chi connectivity index (χ3n) is 3.01. The minimum absolute atomic E-state index is 0.175. The molecule has 2 aromatic rings. The number of anilines is 1. The van der Waals surface area contributed by atoms with E-state index in [0.717, 1.165) is 17.0 Å². The van der Waals surface area contributed by atoms with Crippen molar-refractivity contribution in [3.63, 3.8) is 0 Å². The molecule has 0 fully saturated rings. The molecule has 0 aliphatic heterocycles. The van der Waals surface area contributed by atoms with Crippen molar-refractivity contribution >= 4 is 23.6 Å². The van der Waals surface area contributed by atoms with E-state index in [2.05, 4.69) is 25.8 Å². The summed E-state index contributed by atoms with van der Waals surface area (Å²) in [5.74, 6) is 0.175. The summed E-state index contributed by atoms with van der Waals surface area (Å²) in [6.45, 7) is 5.48. The van der Waals surface area contributed by atoms with Crippen molar-refractivity contribution in [2.45, 2.75) is 26.8 Å². The van der Waals surface area contributed by atoms with Crippen LogP contribution in [0.2, 0.25) is 5.02 Å². The first-order chi connectivity index (χ1) is 9.95. The molecule has 21 heavy (non-hydrogen) atoms. The molecule has 1 unspecified atom stereocenters. The van der Waals surface area contributed by atoms with Crippen molar-refractivity contribution in [1.82, 2.24) is 20.5 Å². The number of nitrogens with zero attached hydrogens (tertiary/aromatic N) is 3. The normalized spacial score (nSPS) is 11.8. The second kappa shape index (κ2) is 6.49. The zero-order valence-corrected chi connectivity index (χ0v) is 12.8. The van der Waals surface area contributed by atoms with E-state index in [1.807, 2.05) is 26.0 Å². The standard InChI is InChI=1S/C14H16ClN5O/c1-8-9(2)19-20-13(16-8)18-14(21)17-10(3)11-5-4-6-12(15)7-11/h4-7,10H,1-3H3,(H2,16,17,18,20,21). The molecule has 7 heteroatoms. The second-order valence-electron chi connectivity index (χ2n) is 4.68. The lowest BCUT2D eigenvalue weighted by atomic mass is 10.1. The summed E-state index contributed by atoms with van der Waals surface area (Å²) in [6, 6.07) is 6.73. The molecular weight excluding hydrogens is 290 g/mol. The fraction of sp³-hybridized carbons (Fsp3) is 0.286. The van der Waals surface area contributed by atoms with Crippen LogP contribution in [0.3, 0.4) is 0 Å². The van der Waals surface area contributed by atoms with Gasteiger partial charge in [0.05, 0.1) is 17.4 Å². The molecule has 1 heterocycles. The highest BCUT2D eigenvalue weighted by atomic mass is 35.5. The van der Waals surface area contributed by atoms with Gasteiger partial charge in [-0.25, -0.2) is 9.78 Å². The topological polar surface area (TPSA) is 79.8 Å². The van der Waals surface area contributed by atoms with Crippen LogP contribution in [-0.2, 0) is 0 Å². The van der Waals surface area contributed by atoms with E-state index in [0.29, 0.717) is 5.02 Å². The van der Waals surface area contributed by atoms with Crippen LogP contribution in [-0.4, -0.2) is 21.2 Å². The van der Waals surface area contributed by atoms with Crippen LogP contribution in [0.1, 0.15) is 29.9 Å². The highest BCUT2D eigenvalue weighted by Gasteiger charge is 2.11. The second-order valence-corrected chi connectivity index (χ2v) is 5.12. The van der Waals surface area contributed by atoms with Crippen LogP contribution in [0.15, 0.2) is 24.3 Å². The highest BCUT2D eigenvalue weighted by Crippen LogP contribution is 2.17. The molecule has 110 valence electrons. The lowest BCUT2D eigenvalue weighted by Crippen LogP contribution is -2.32. The molecule has 0 radical (unpaired) electrons. The maximum Gasteiger partial charge on any atom is 0.322 e. The molecule has 2 N–H and O–H groups in total. The number of benzene rings is 1. The van der Waals surface area contributed by atoms with Crippen LogP contribution in [0.5, 0.6) is 0 Å². The van der Waals surface area contributed by atoms with E-state index in [9.17, 15) is 4.79 Å². The Bertz CT molecular complexity index is 662. The van der Waals surface area contributed by atoms with Gasteiger partial charge in [-0.1, -0.05) is 23.7 Å². The van der Waals surface area contributed by atoms with Gasteiger partial charge in [0.25, 0.3) is 5.95 Å². The number of nitrogens with one attached hydrogen (secondary N) is 2. The van der Waals surface area contributed by atoms with Gasteiger partial charge in [0.2, 0.25) is 0 Å². The average Bonchev–Trinajstić information content (AvgIpc) is 2.43. The van der Waals surface area contributed by atoms with Crippen LogP contribution in [0, 0.1) is 13.8 Å². The average molecular weight is 306 g/mol. The largest absolute Gasteiger partial charge is 0.331 e. The molecular formula is C14H16ClN5O. The predicted octanol–water partition coefficient (Wildman–Crippen LogP) is 3.02. The Morgan fingerprint density at radius 3 is 2.67 bits per heavy atom. The van der Waals surface area contributed by atoms with Crippen molar-refractivity contribution in [2.75, 3.05) is 5.32 Å². The van der Waals surface area contributed by atoms with Gasteiger partial charge in [-0.05, 0) is 38.5 Å². The van der Waals surface area contributed by atoms with Crippen LogP contribution in [0.25, 0.3) is 0 Å². The Hall–Kier alpha value is -2.21. The van der Waals surface area contributed by atoms with Gasteiger partial charge in [-0.3, -0.25) is 5.32 Å². The first-order valence-electron chi connectivity index (χ1n) is 6.46. The van der Waals surface area contributed by atoms with Crippen LogP contribution < -0.4 is 10.6 Å². The first kappa shape index (κ1) is 15.2. The quantitative estimate of drug-likeness (QED) is 0.913. The molecule has 6 nitrogen and oxygen atoms in total. The number of halogens is 1. The van der Waals surface area contributed by atoms with Crippen molar-refractivity contribution in [2.24, 2.45) is 0 Å². The molecule has 0 saturated carbocycles. The Kier molecular flexibility index (Phi) is 4.70. The molecule has 0 aliphatic rings. The number of carbonyl (C=O) groups excluding carboxylic acids is 1. The molecule has 0 aliphatic carbocycles. The van der Waals surface area contributed by atoms with Crippen molar-refractivity contribution in [1.29, 1.82) is 0 Å². The minimum Gasteiger partial charge on any atom is -0.331 e. The van der Waals surface area contributed by atoms with E-state index in [-0.39, 0.29) is 12.0 Å². The monoisotopic (exact) mass is 305 g/mol. The number of carbonyl (C=O) groups is 1. The maximum atomic E-state index is 11.9. The molecule has 2 amide bonds. The molecule has 0 saturated heterocycles.